The average Bonchev–Trinajstić information content (AvgIpc) is 2.35. The summed E-state index contributed by atoms with van der Waals surface area (Å²) in [6.45, 7) is 8.48. The zero-order chi connectivity index (χ0) is 12.5. The van der Waals surface area contributed by atoms with Crippen molar-refractivity contribution in [2.75, 3.05) is 25.1 Å². The van der Waals surface area contributed by atoms with Crippen molar-refractivity contribution >= 4 is 5.69 Å². The van der Waals surface area contributed by atoms with Crippen molar-refractivity contribution in [3.05, 3.63) is 24.3 Å². The molecule has 1 N–H and O–H groups in total. The largest absolute Gasteiger partial charge is 0.494 e. The zero-order valence-corrected chi connectivity index (χ0v) is 11.0. The van der Waals surface area contributed by atoms with Gasteiger partial charge in [-0.15, -0.1) is 0 Å². The van der Waals surface area contributed by atoms with E-state index in [1.807, 2.05) is 31.2 Å². The summed E-state index contributed by atoms with van der Waals surface area (Å²) in [5, 5.41) is 3.38. The third-order valence-electron chi connectivity index (χ3n) is 2.31. The van der Waals surface area contributed by atoms with E-state index in [0.29, 0.717) is 6.04 Å². The van der Waals surface area contributed by atoms with Crippen molar-refractivity contribution in [3.8, 4) is 5.75 Å². The van der Waals surface area contributed by atoms with Gasteiger partial charge in [0.2, 0.25) is 0 Å². The van der Waals surface area contributed by atoms with E-state index in [1.165, 1.54) is 0 Å². The summed E-state index contributed by atoms with van der Waals surface area (Å²) in [6, 6.07) is 8.37. The molecule has 96 valence electrons. The highest BCUT2D eigenvalue weighted by atomic mass is 16.5. The Labute approximate surface area is 104 Å². The summed E-state index contributed by atoms with van der Waals surface area (Å²) in [5.74, 6) is 0.926. The first-order chi connectivity index (χ1) is 8.26. The fourth-order valence-electron chi connectivity index (χ4n) is 1.49. The quantitative estimate of drug-likeness (QED) is 0.752. The molecule has 0 aliphatic heterocycles. The minimum atomic E-state index is 0.317. The Bertz CT molecular complexity index is 298. The minimum Gasteiger partial charge on any atom is -0.494 e. The molecule has 0 radical (unpaired) electrons. The molecule has 1 aromatic carbocycles. The van der Waals surface area contributed by atoms with Gasteiger partial charge in [0.25, 0.3) is 0 Å². The number of nitrogens with one attached hydrogen (secondary N) is 1. The Kier molecular flexibility index (Phi) is 6.48. The second-order valence-corrected chi connectivity index (χ2v) is 4.08. The molecule has 0 aromatic heterocycles. The summed E-state index contributed by atoms with van der Waals surface area (Å²) in [6.07, 6.45) is 1.03. The van der Waals surface area contributed by atoms with Crippen LogP contribution in [0.25, 0.3) is 0 Å². The SMILES string of the molecule is CCCOc1ccc(NC(C)COCC)cc1. The highest BCUT2D eigenvalue weighted by Gasteiger charge is 2.01. The predicted molar refractivity (Wildman–Crippen MR) is 71.8 cm³/mol. The molecule has 0 aliphatic carbocycles. The van der Waals surface area contributed by atoms with Gasteiger partial charge in [0.15, 0.2) is 0 Å². The Morgan fingerprint density at radius 3 is 2.47 bits per heavy atom. The van der Waals surface area contributed by atoms with Gasteiger partial charge in [-0.05, 0) is 44.5 Å². The van der Waals surface area contributed by atoms with Crippen molar-refractivity contribution in [2.24, 2.45) is 0 Å². The van der Waals surface area contributed by atoms with Crippen LogP contribution in [0.5, 0.6) is 5.75 Å². The standard InChI is InChI=1S/C14H23NO2/c1-4-10-17-14-8-6-13(7-9-14)15-12(3)11-16-5-2/h6-9,12,15H,4-5,10-11H2,1-3H3. The number of ether oxygens (including phenoxy) is 2. The zero-order valence-electron chi connectivity index (χ0n) is 11.0. The van der Waals surface area contributed by atoms with E-state index >= 15 is 0 Å². The lowest BCUT2D eigenvalue weighted by molar-refractivity contribution is 0.141. The summed E-state index contributed by atoms with van der Waals surface area (Å²) in [7, 11) is 0. The third kappa shape index (κ3) is 5.59. The van der Waals surface area contributed by atoms with Crippen LogP contribution in [0.2, 0.25) is 0 Å². The van der Waals surface area contributed by atoms with Gasteiger partial charge in [0, 0.05) is 18.3 Å². The van der Waals surface area contributed by atoms with Gasteiger partial charge in [0.1, 0.15) is 5.75 Å². The number of rotatable bonds is 8. The lowest BCUT2D eigenvalue weighted by atomic mass is 10.2. The molecule has 1 aromatic rings. The van der Waals surface area contributed by atoms with E-state index in [-0.39, 0.29) is 0 Å². The van der Waals surface area contributed by atoms with Crippen LogP contribution in [0.4, 0.5) is 5.69 Å². The first-order valence-electron chi connectivity index (χ1n) is 6.33. The Morgan fingerprint density at radius 1 is 1.18 bits per heavy atom. The maximum atomic E-state index is 5.53. The molecule has 1 unspecified atom stereocenters. The fourth-order valence-corrected chi connectivity index (χ4v) is 1.49. The first-order valence-corrected chi connectivity index (χ1v) is 6.33. The normalized spacial score (nSPS) is 12.2. The van der Waals surface area contributed by atoms with Gasteiger partial charge in [-0.2, -0.15) is 0 Å². The van der Waals surface area contributed by atoms with E-state index in [9.17, 15) is 0 Å². The van der Waals surface area contributed by atoms with Crippen molar-refractivity contribution in [3.63, 3.8) is 0 Å². The number of benzene rings is 1. The molecule has 3 heteroatoms. The van der Waals surface area contributed by atoms with Gasteiger partial charge >= 0.3 is 0 Å². The Balaban J connectivity index is 2.39. The van der Waals surface area contributed by atoms with E-state index in [1.54, 1.807) is 0 Å². The molecule has 0 saturated carbocycles. The van der Waals surface area contributed by atoms with Crippen LogP contribution >= 0.6 is 0 Å². The third-order valence-corrected chi connectivity index (χ3v) is 2.31. The molecule has 17 heavy (non-hydrogen) atoms. The second-order valence-electron chi connectivity index (χ2n) is 4.08. The first kappa shape index (κ1) is 13.8. The summed E-state index contributed by atoms with van der Waals surface area (Å²) in [5.41, 5.74) is 1.10. The highest BCUT2D eigenvalue weighted by Crippen LogP contribution is 2.16. The summed E-state index contributed by atoms with van der Waals surface area (Å²) in [4.78, 5) is 0. The van der Waals surface area contributed by atoms with Crippen LogP contribution in [0.1, 0.15) is 27.2 Å². The Hall–Kier alpha value is -1.22. The minimum absolute atomic E-state index is 0.317. The van der Waals surface area contributed by atoms with Gasteiger partial charge in [-0.1, -0.05) is 6.92 Å². The lowest BCUT2D eigenvalue weighted by Gasteiger charge is -2.15. The van der Waals surface area contributed by atoms with Crippen molar-refractivity contribution in [1.82, 2.24) is 0 Å². The molecule has 0 fully saturated rings. The second kappa shape index (κ2) is 7.96. The molecular weight excluding hydrogens is 214 g/mol. The number of hydrogen-bond acceptors (Lipinski definition) is 3. The molecule has 3 nitrogen and oxygen atoms in total. The van der Waals surface area contributed by atoms with Gasteiger partial charge in [0.05, 0.1) is 13.2 Å². The topological polar surface area (TPSA) is 30.5 Å². The van der Waals surface area contributed by atoms with E-state index in [2.05, 4.69) is 19.2 Å². The van der Waals surface area contributed by atoms with Crippen LogP contribution in [-0.2, 0) is 4.74 Å². The van der Waals surface area contributed by atoms with Gasteiger partial charge in [-0.25, -0.2) is 0 Å². The molecule has 1 atom stereocenters. The molecule has 0 spiro atoms. The van der Waals surface area contributed by atoms with Crippen molar-refractivity contribution in [1.29, 1.82) is 0 Å². The monoisotopic (exact) mass is 237 g/mol. The molecule has 0 saturated heterocycles. The van der Waals surface area contributed by atoms with Gasteiger partial charge < -0.3 is 14.8 Å². The average molecular weight is 237 g/mol. The smallest absolute Gasteiger partial charge is 0.119 e. The van der Waals surface area contributed by atoms with Crippen molar-refractivity contribution in [2.45, 2.75) is 33.2 Å². The fraction of sp³-hybridized carbons (Fsp3) is 0.571. The molecule has 0 amide bonds. The molecule has 0 heterocycles. The Morgan fingerprint density at radius 2 is 1.88 bits per heavy atom. The highest BCUT2D eigenvalue weighted by molar-refractivity contribution is 5.46. The van der Waals surface area contributed by atoms with E-state index < -0.39 is 0 Å². The van der Waals surface area contributed by atoms with Crippen LogP contribution in [0, 0.1) is 0 Å². The molecule has 0 bridgehead atoms. The summed E-state index contributed by atoms with van der Waals surface area (Å²) >= 11 is 0. The number of anilines is 1. The van der Waals surface area contributed by atoms with Crippen LogP contribution in [-0.4, -0.2) is 25.9 Å². The van der Waals surface area contributed by atoms with E-state index in [4.69, 9.17) is 9.47 Å². The molecule has 0 aliphatic rings. The summed E-state index contributed by atoms with van der Waals surface area (Å²) < 4.78 is 10.9. The maximum Gasteiger partial charge on any atom is 0.119 e. The molecule has 1 rings (SSSR count). The van der Waals surface area contributed by atoms with Crippen LogP contribution < -0.4 is 10.1 Å². The van der Waals surface area contributed by atoms with Crippen LogP contribution in [0.15, 0.2) is 24.3 Å². The van der Waals surface area contributed by atoms with Gasteiger partial charge in [-0.3, -0.25) is 0 Å². The maximum absolute atomic E-state index is 5.53. The van der Waals surface area contributed by atoms with E-state index in [0.717, 1.165) is 37.7 Å². The number of hydrogen-bond donors (Lipinski definition) is 1. The lowest BCUT2D eigenvalue weighted by Crippen LogP contribution is -2.21. The predicted octanol–water partition coefficient (Wildman–Crippen LogP) is 3.31. The van der Waals surface area contributed by atoms with Crippen molar-refractivity contribution < 1.29 is 9.47 Å². The van der Waals surface area contributed by atoms with Crippen LogP contribution in [0.3, 0.4) is 0 Å². The molecular formula is C14H23NO2.